The van der Waals surface area contributed by atoms with Crippen LogP contribution in [0.15, 0.2) is 65.0 Å². The SMILES string of the molecule is CCSCCOC(=O)C1=C(C)NC2=C(C(=O)CC(c3ccc(OC)c(OC)c3)C2)C1c1cccc(F)c1. The van der Waals surface area contributed by atoms with Crippen molar-refractivity contribution in [2.24, 2.45) is 0 Å². The summed E-state index contributed by atoms with van der Waals surface area (Å²) in [6.45, 7) is 4.12. The van der Waals surface area contributed by atoms with Gasteiger partial charge in [-0.2, -0.15) is 11.8 Å². The van der Waals surface area contributed by atoms with Crippen molar-refractivity contribution in [2.75, 3.05) is 32.3 Å². The first-order chi connectivity index (χ1) is 17.9. The summed E-state index contributed by atoms with van der Waals surface area (Å²) in [6, 6.07) is 11.8. The van der Waals surface area contributed by atoms with E-state index in [0.717, 1.165) is 17.0 Å². The van der Waals surface area contributed by atoms with Gasteiger partial charge in [0.1, 0.15) is 12.4 Å². The van der Waals surface area contributed by atoms with Crippen LogP contribution in [-0.4, -0.2) is 44.1 Å². The zero-order valence-electron chi connectivity index (χ0n) is 21.6. The van der Waals surface area contributed by atoms with Crippen molar-refractivity contribution in [1.82, 2.24) is 5.32 Å². The molecule has 37 heavy (non-hydrogen) atoms. The van der Waals surface area contributed by atoms with Gasteiger partial charge in [-0.3, -0.25) is 4.79 Å². The highest BCUT2D eigenvalue weighted by atomic mass is 32.2. The second-order valence-electron chi connectivity index (χ2n) is 9.02. The van der Waals surface area contributed by atoms with Crippen molar-refractivity contribution in [2.45, 2.75) is 38.5 Å². The Bertz CT molecular complexity index is 1250. The number of hydrogen-bond acceptors (Lipinski definition) is 7. The number of carbonyl (C=O) groups is 2. The number of allylic oxidation sites excluding steroid dienone is 3. The van der Waals surface area contributed by atoms with Crippen LogP contribution in [0.3, 0.4) is 0 Å². The van der Waals surface area contributed by atoms with Crippen molar-refractivity contribution >= 4 is 23.5 Å². The van der Waals surface area contributed by atoms with Gasteiger partial charge in [0.05, 0.1) is 19.8 Å². The maximum Gasteiger partial charge on any atom is 0.336 e. The molecular weight excluding hydrogens is 493 g/mol. The fourth-order valence-electron chi connectivity index (χ4n) is 5.09. The summed E-state index contributed by atoms with van der Waals surface area (Å²) in [5.74, 6) is 1.06. The predicted octanol–water partition coefficient (Wildman–Crippen LogP) is 5.50. The molecule has 2 unspecified atom stereocenters. The van der Waals surface area contributed by atoms with Gasteiger partial charge in [0.15, 0.2) is 17.3 Å². The highest BCUT2D eigenvalue weighted by Crippen LogP contribution is 2.46. The Morgan fingerprint density at radius 2 is 1.86 bits per heavy atom. The van der Waals surface area contributed by atoms with Crippen LogP contribution in [-0.2, 0) is 14.3 Å². The molecule has 4 rings (SSSR count). The van der Waals surface area contributed by atoms with Gasteiger partial charge >= 0.3 is 5.97 Å². The molecule has 0 fully saturated rings. The van der Waals surface area contributed by atoms with Gasteiger partial charge in [0.25, 0.3) is 0 Å². The van der Waals surface area contributed by atoms with E-state index in [0.29, 0.717) is 46.1 Å². The van der Waals surface area contributed by atoms with E-state index >= 15 is 0 Å². The fraction of sp³-hybridized carbons (Fsp3) is 0.379. The maximum atomic E-state index is 14.3. The molecule has 0 spiro atoms. The molecule has 0 amide bonds. The van der Waals surface area contributed by atoms with Crippen molar-refractivity contribution < 1.29 is 28.2 Å². The number of ketones is 1. The third kappa shape index (κ3) is 5.69. The lowest BCUT2D eigenvalue weighted by molar-refractivity contribution is -0.138. The number of benzene rings is 2. The second kappa shape index (κ2) is 11.9. The Morgan fingerprint density at radius 1 is 1.08 bits per heavy atom. The van der Waals surface area contributed by atoms with E-state index in [4.69, 9.17) is 14.2 Å². The van der Waals surface area contributed by atoms with Crippen LogP contribution in [0.25, 0.3) is 0 Å². The van der Waals surface area contributed by atoms with Crippen LogP contribution in [0.5, 0.6) is 11.5 Å². The topological polar surface area (TPSA) is 73.9 Å². The first-order valence-corrected chi connectivity index (χ1v) is 13.5. The quantitative estimate of drug-likeness (QED) is 0.342. The van der Waals surface area contributed by atoms with E-state index < -0.39 is 17.7 Å². The highest BCUT2D eigenvalue weighted by molar-refractivity contribution is 7.99. The number of nitrogens with one attached hydrogen (secondary N) is 1. The average Bonchev–Trinajstić information content (AvgIpc) is 2.89. The molecule has 1 aliphatic carbocycles. The highest BCUT2D eigenvalue weighted by Gasteiger charge is 2.41. The zero-order chi connectivity index (χ0) is 26.5. The monoisotopic (exact) mass is 525 g/mol. The lowest BCUT2D eigenvalue weighted by atomic mass is 9.71. The minimum atomic E-state index is -0.697. The second-order valence-corrected chi connectivity index (χ2v) is 10.4. The Hall–Kier alpha value is -3.26. The molecule has 196 valence electrons. The molecule has 1 aliphatic heterocycles. The lowest BCUT2D eigenvalue weighted by Crippen LogP contribution is -2.36. The zero-order valence-corrected chi connectivity index (χ0v) is 22.4. The third-order valence-corrected chi connectivity index (χ3v) is 7.64. The van der Waals surface area contributed by atoms with E-state index in [1.165, 1.54) is 12.1 Å². The lowest BCUT2D eigenvalue weighted by Gasteiger charge is -2.36. The van der Waals surface area contributed by atoms with Crippen molar-refractivity contribution in [3.63, 3.8) is 0 Å². The number of carbonyl (C=O) groups excluding carboxylic acids is 2. The van der Waals surface area contributed by atoms with Gasteiger partial charge in [-0.1, -0.05) is 25.1 Å². The van der Waals surface area contributed by atoms with Gasteiger partial charge < -0.3 is 19.5 Å². The number of rotatable bonds is 9. The summed E-state index contributed by atoms with van der Waals surface area (Å²) in [5, 5.41) is 3.33. The minimum absolute atomic E-state index is 0.0814. The van der Waals surface area contributed by atoms with Crippen molar-refractivity contribution in [3.05, 3.63) is 81.9 Å². The molecule has 2 aromatic rings. The van der Waals surface area contributed by atoms with Gasteiger partial charge in [-0.25, -0.2) is 9.18 Å². The van der Waals surface area contributed by atoms with Crippen LogP contribution in [0.1, 0.15) is 49.7 Å². The number of halogens is 1. The van der Waals surface area contributed by atoms with Crippen LogP contribution in [0.4, 0.5) is 4.39 Å². The third-order valence-electron chi connectivity index (χ3n) is 6.77. The molecule has 8 heteroatoms. The fourth-order valence-corrected chi connectivity index (χ4v) is 5.58. The molecule has 2 aliphatic rings. The van der Waals surface area contributed by atoms with Crippen LogP contribution in [0.2, 0.25) is 0 Å². The van der Waals surface area contributed by atoms with Gasteiger partial charge in [0.2, 0.25) is 0 Å². The molecule has 2 aromatic carbocycles. The minimum Gasteiger partial charge on any atom is -0.493 e. The van der Waals surface area contributed by atoms with E-state index in [2.05, 4.69) is 5.32 Å². The molecule has 0 bridgehead atoms. The summed E-state index contributed by atoms with van der Waals surface area (Å²) < 4.78 is 30.7. The molecule has 0 saturated heterocycles. The summed E-state index contributed by atoms with van der Waals surface area (Å²) in [6.07, 6.45) is 0.825. The van der Waals surface area contributed by atoms with Gasteiger partial charge in [-0.15, -0.1) is 0 Å². The molecule has 0 saturated carbocycles. The Morgan fingerprint density at radius 3 is 2.57 bits per heavy atom. The largest absolute Gasteiger partial charge is 0.493 e. The number of Topliss-reactive ketones (excluding diaryl/α,β-unsaturated/α-hetero) is 1. The summed E-state index contributed by atoms with van der Waals surface area (Å²) in [7, 11) is 3.16. The summed E-state index contributed by atoms with van der Waals surface area (Å²) in [5.41, 5.74) is 3.73. The normalized spacial score (nSPS) is 19.3. The molecule has 0 radical (unpaired) electrons. The van der Waals surface area contributed by atoms with E-state index in [1.807, 2.05) is 25.1 Å². The Kier molecular flexibility index (Phi) is 8.59. The summed E-state index contributed by atoms with van der Waals surface area (Å²) >= 11 is 1.68. The van der Waals surface area contributed by atoms with E-state index in [9.17, 15) is 14.0 Å². The molecular formula is C29H32FNO5S. The van der Waals surface area contributed by atoms with Crippen molar-refractivity contribution in [3.8, 4) is 11.5 Å². The molecule has 1 N–H and O–H groups in total. The van der Waals surface area contributed by atoms with Gasteiger partial charge in [-0.05, 0) is 60.4 Å². The number of thioether (sulfide) groups is 1. The molecule has 2 atom stereocenters. The standard InChI is InChI=1S/C29H32FNO5S/c1-5-37-12-11-36-29(33)26-17(2)31-22-14-20(18-9-10-24(34-3)25(16-18)35-4)15-23(32)28(22)27(26)19-7-6-8-21(30)13-19/h6-10,13,16,20,27,31H,5,11-12,14-15H2,1-4H3. The van der Waals surface area contributed by atoms with Crippen LogP contribution in [0, 0.1) is 5.82 Å². The first-order valence-electron chi connectivity index (χ1n) is 12.3. The summed E-state index contributed by atoms with van der Waals surface area (Å²) in [4.78, 5) is 27.0. The molecule has 6 nitrogen and oxygen atoms in total. The van der Waals surface area contributed by atoms with E-state index in [-0.39, 0.29) is 24.7 Å². The number of dihydropyridines is 1. The van der Waals surface area contributed by atoms with Crippen molar-refractivity contribution in [1.29, 1.82) is 0 Å². The number of hydrogen-bond donors (Lipinski definition) is 1. The van der Waals surface area contributed by atoms with Crippen LogP contribution < -0.4 is 14.8 Å². The van der Waals surface area contributed by atoms with Gasteiger partial charge in [0, 0.05) is 35.1 Å². The average molecular weight is 526 g/mol. The Labute approximate surface area is 221 Å². The molecule has 1 heterocycles. The van der Waals surface area contributed by atoms with Crippen LogP contribution >= 0.6 is 11.8 Å². The Balaban J connectivity index is 1.71. The first kappa shape index (κ1) is 26.8. The number of esters is 1. The maximum absolute atomic E-state index is 14.3. The van der Waals surface area contributed by atoms with E-state index in [1.54, 1.807) is 45.0 Å². The number of methoxy groups -OCH3 is 2. The predicted molar refractivity (Wildman–Crippen MR) is 142 cm³/mol. The molecule has 0 aromatic heterocycles. The smallest absolute Gasteiger partial charge is 0.336 e. The number of ether oxygens (including phenoxy) is 3.